The number of hydrogen-bond donors (Lipinski definition) is 2. The van der Waals surface area contributed by atoms with E-state index >= 15 is 0 Å². The van der Waals surface area contributed by atoms with Gasteiger partial charge in [-0.2, -0.15) is 0 Å². The predicted molar refractivity (Wildman–Crippen MR) is 74.7 cm³/mol. The molecule has 0 aliphatic rings. The Morgan fingerprint density at radius 3 is 2.63 bits per heavy atom. The van der Waals surface area contributed by atoms with Crippen LogP contribution < -0.4 is 11.3 Å². The fourth-order valence-electron chi connectivity index (χ4n) is 2.10. The van der Waals surface area contributed by atoms with Gasteiger partial charge in [0.15, 0.2) is 0 Å². The second-order valence-corrected chi connectivity index (χ2v) is 4.32. The van der Waals surface area contributed by atoms with Crippen molar-refractivity contribution in [3.63, 3.8) is 0 Å². The number of fused-ring (bicyclic) bond motifs is 1. The van der Waals surface area contributed by atoms with Crippen LogP contribution in [0, 0.1) is 6.92 Å². The van der Waals surface area contributed by atoms with E-state index in [1.165, 1.54) is 0 Å². The van der Waals surface area contributed by atoms with Gasteiger partial charge >= 0.3 is 0 Å². The first kappa shape index (κ1) is 11.4. The SMILES string of the molecule is Cc1c[nH]c(=O)c2c(-c3ccccc3)nc(N)nc12. The third-order valence-corrected chi connectivity index (χ3v) is 2.99. The van der Waals surface area contributed by atoms with Crippen LogP contribution >= 0.6 is 0 Å². The molecule has 3 rings (SSSR count). The minimum Gasteiger partial charge on any atom is -0.368 e. The summed E-state index contributed by atoms with van der Waals surface area (Å²) in [4.78, 5) is 23.1. The Balaban J connectivity index is 2.49. The number of rotatable bonds is 1. The van der Waals surface area contributed by atoms with Gasteiger partial charge in [-0.15, -0.1) is 0 Å². The first-order valence-electron chi connectivity index (χ1n) is 5.88. The number of benzene rings is 1. The summed E-state index contributed by atoms with van der Waals surface area (Å²) in [5.41, 5.74) is 8.40. The van der Waals surface area contributed by atoms with Gasteiger partial charge in [0, 0.05) is 11.8 Å². The topological polar surface area (TPSA) is 84.7 Å². The summed E-state index contributed by atoms with van der Waals surface area (Å²) < 4.78 is 0. The molecule has 2 aromatic heterocycles. The maximum Gasteiger partial charge on any atom is 0.259 e. The van der Waals surface area contributed by atoms with Crippen LogP contribution in [-0.4, -0.2) is 15.0 Å². The van der Waals surface area contributed by atoms with Gasteiger partial charge < -0.3 is 10.7 Å². The lowest BCUT2D eigenvalue weighted by molar-refractivity contribution is 1.18. The summed E-state index contributed by atoms with van der Waals surface area (Å²) >= 11 is 0. The Labute approximate surface area is 109 Å². The molecular formula is C14H12N4O. The number of nitrogens with two attached hydrogens (primary N) is 1. The third-order valence-electron chi connectivity index (χ3n) is 2.99. The van der Waals surface area contributed by atoms with E-state index in [0.29, 0.717) is 16.6 Å². The lowest BCUT2D eigenvalue weighted by atomic mass is 10.1. The van der Waals surface area contributed by atoms with Crippen molar-refractivity contribution in [3.8, 4) is 11.3 Å². The lowest BCUT2D eigenvalue weighted by Gasteiger charge is -2.07. The summed E-state index contributed by atoms with van der Waals surface area (Å²) in [6, 6.07) is 9.48. The van der Waals surface area contributed by atoms with Crippen LogP contribution in [0.3, 0.4) is 0 Å². The summed E-state index contributed by atoms with van der Waals surface area (Å²) in [6.45, 7) is 1.87. The summed E-state index contributed by atoms with van der Waals surface area (Å²) in [7, 11) is 0. The van der Waals surface area contributed by atoms with Gasteiger partial charge in [-0.1, -0.05) is 30.3 Å². The molecule has 5 nitrogen and oxygen atoms in total. The number of aromatic nitrogens is 3. The standard InChI is InChI=1S/C14H12N4O/c1-8-7-16-13(19)10-11(8)17-14(15)18-12(10)9-5-3-2-4-6-9/h2-7H,1H3,(H,16,19)(H2,15,17,18). The monoisotopic (exact) mass is 252 g/mol. The molecule has 0 saturated heterocycles. The molecule has 0 saturated carbocycles. The number of pyridine rings is 1. The molecule has 0 atom stereocenters. The number of nitrogens with zero attached hydrogens (tertiary/aromatic N) is 2. The van der Waals surface area contributed by atoms with Crippen LogP contribution in [0.2, 0.25) is 0 Å². The van der Waals surface area contributed by atoms with Crippen LogP contribution in [0.5, 0.6) is 0 Å². The number of anilines is 1. The van der Waals surface area contributed by atoms with Gasteiger partial charge in [0.25, 0.3) is 5.56 Å². The van der Waals surface area contributed by atoms with Gasteiger partial charge in [-0.25, -0.2) is 9.97 Å². The van der Waals surface area contributed by atoms with Crippen molar-refractivity contribution in [2.45, 2.75) is 6.92 Å². The van der Waals surface area contributed by atoms with Gasteiger partial charge in [0.2, 0.25) is 5.95 Å². The predicted octanol–water partition coefficient (Wildman–Crippen LogP) is 1.88. The van der Waals surface area contributed by atoms with Crippen LogP contribution in [0.25, 0.3) is 22.2 Å². The van der Waals surface area contributed by atoms with Crippen molar-refractivity contribution >= 4 is 16.9 Å². The number of aryl methyl sites for hydroxylation is 1. The van der Waals surface area contributed by atoms with Crippen molar-refractivity contribution in [2.75, 3.05) is 5.73 Å². The van der Waals surface area contributed by atoms with E-state index in [1.807, 2.05) is 37.3 Å². The number of nitrogens with one attached hydrogen (secondary N) is 1. The van der Waals surface area contributed by atoms with Gasteiger partial charge in [-0.05, 0) is 12.5 Å². The largest absolute Gasteiger partial charge is 0.368 e. The summed E-state index contributed by atoms with van der Waals surface area (Å²) in [5, 5.41) is 0.473. The molecule has 0 spiro atoms. The molecule has 94 valence electrons. The second kappa shape index (κ2) is 4.20. The van der Waals surface area contributed by atoms with Gasteiger partial charge in [0.05, 0.1) is 16.6 Å². The van der Waals surface area contributed by atoms with Crippen LogP contribution in [0.4, 0.5) is 5.95 Å². The fourth-order valence-corrected chi connectivity index (χ4v) is 2.10. The quantitative estimate of drug-likeness (QED) is 0.692. The van der Waals surface area contributed by atoms with E-state index in [4.69, 9.17) is 5.73 Å². The van der Waals surface area contributed by atoms with Crippen LogP contribution in [0.15, 0.2) is 41.3 Å². The zero-order valence-electron chi connectivity index (χ0n) is 10.3. The lowest BCUT2D eigenvalue weighted by Crippen LogP contribution is -2.11. The molecule has 3 N–H and O–H groups in total. The Bertz CT molecular complexity index is 809. The zero-order chi connectivity index (χ0) is 13.4. The van der Waals surface area contributed by atoms with Gasteiger partial charge in [0.1, 0.15) is 0 Å². The van der Waals surface area contributed by atoms with E-state index in [2.05, 4.69) is 15.0 Å². The van der Waals surface area contributed by atoms with Crippen LogP contribution in [0.1, 0.15) is 5.56 Å². The minimum absolute atomic E-state index is 0.167. The molecule has 0 aliphatic heterocycles. The Hall–Kier alpha value is -2.69. The Morgan fingerprint density at radius 2 is 1.89 bits per heavy atom. The van der Waals surface area contributed by atoms with E-state index in [1.54, 1.807) is 6.20 Å². The highest BCUT2D eigenvalue weighted by molar-refractivity contribution is 5.93. The Morgan fingerprint density at radius 1 is 1.16 bits per heavy atom. The molecule has 0 bridgehead atoms. The van der Waals surface area contributed by atoms with Gasteiger partial charge in [-0.3, -0.25) is 4.79 Å². The molecule has 0 radical (unpaired) electrons. The van der Waals surface area contributed by atoms with Crippen molar-refractivity contribution < 1.29 is 0 Å². The Kier molecular flexibility index (Phi) is 2.52. The second-order valence-electron chi connectivity index (χ2n) is 4.32. The average Bonchev–Trinajstić information content (AvgIpc) is 2.43. The zero-order valence-corrected chi connectivity index (χ0v) is 10.3. The van der Waals surface area contributed by atoms with E-state index in [9.17, 15) is 4.79 Å². The van der Waals surface area contributed by atoms with E-state index < -0.39 is 0 Å². The highest BCUT2D eigenvalue weighted by Crippen LogP contribution is 2.25. The van der Waals surface area contributed by atoms with Crippen molar-refractivity contribution in [2.24, 2.45) is 0 Å². The first-order valence-corrected chi connectivity index (χ1v) is 5.88. The summed E-state index contributed by atoms with van der Waals surface area (Å²) in [5.74, 6) is 0.167. The number of hydrogen-bond acceptors (Lipinski definition) is 4. The van der Waals surface area contributed by atoms with Crippen molar-refractivity contribution in [1.29, 1.82) is 0 Å². The molecular weight excluding hydrogens is 240 g/mol. The molecule has 19 heavy (non-hydrogen) atoms. The first-order chi connectivity index (χ1) is 9.16. The molecule has 0 fully saturated rings. The smallest absolute Gasteiger partial charge is 0.259 e. The fraction of sp³-hybridized carbons (Fsp3) is 0.0714. The summed E-state index contributed by atoms with van der Waals surface area (Å²) in [6.07, 6.45) is 1.63. The minimum atomic E-state index is -0.209. The maximum absolute atomic E-state index is 12.1. The molecule has 1 aromatic carbocycles. The highest BCUT2D eigenvalue weighted by atomic mass is 16.1. The highest BCUT2D eigenvalue weighted by Gasteiger charge is 2.13. The third kappa shape index (κ3) is 1.85. The maximum atomic E-state index is 12.1. The average molecular weight is 252 g/mol. The van der Waals surface area contributed by atoms with E-state index in [-0.39, 0.29) is 11.5 Å². The molecule has 0 aliphatic carbocycles. The molecule has 0 amide bonds. The van der Waals surface area contributed by atoms with Crippen molar-refractivity contribution in [3.05, 3.63) is 52.4 Å². The number of H-pyrrole nitrogens is 1. The molecule has 2 heterocycles. The van der Waals surface area contributed by atoms with Crippen molar-refractivity contribution in [1.82, 2.24) is 15.0 Å². The molecule has 3 aromatic rings. The van der Waals surface area contributed by atoms with Crippen LogP contribution in [-0.2, 0) is 0 Å². The normalized spacial score (nSPS) is 10.8. The number of nitrogen functional groups attached to an aromatic ring is 1. The molecule has 0 unspecified atom stereocenters. The molecule has 5 heteroatoms. The number of aromatic amines is 1. The van der Waals surface area contributed by atoms with E-state index in [0.717, 1.165) is 11.1 Å².